The Balaban J connectivity index is 1.66. The van der Waals surface area contributed by atoms with Crippen LogP contribution in [0.25, 0.3) is 0 Å². The summed E-state index contributed by atoms with van der Waals surface area (Å²) in [6.07, 6.45) is -2.84. The molecule has 1 heterocycles. The van der Waals surface area contributed by atoms with Crippen LogP contribution in [0.2, 0.25) is 5.02 Å². The van der Waals surface area contributed by atoms with Crippen molar-refractivity contribution < 1.29 is 27.6 Å². The monoisotopic (exact) mass is 505 g/mol. The average Bonchev–Trinajstić information content (AvgIpc) is 3.35. The third kappa shape index (κ3) is 5.65. The lowest BCUT2D eigenvalue weighted by molar-refractivity contribution is -0.384. The minimum absolute atomic E-state index is 0.0446. The number of carbonyl (C=O) groups excluding carboxylic acids is 1. The van der Waals surface area contributed by atoms with Crippen LogP contribution < -0.4 is 15.0 Å². The smallest absolute Gasteiger partial charge is 0.416 e. The SMILES string of the molecule is O=C(Nc1cc(C(F)(F)F)ccc1Oc1ccc(Cl)cc1)c1ccc(N2CCCC2)c([N+](=O)[O-])c1. The number of hydrogen-bond acceptors (Lipinski definition) is 5. The lowest BCUT2D eigenvalue weighted by atomic mass is 10.1. The van der Waals surface area contributed by atoms with E-state index in [0.29, 0.717) is 23.8 Å². The molecular formula is C24H19ClF3N3O4. The van der Waals surface area contributed by atoms with Gasteiger partial charge in [-0.2, -0.15) is 13.2 Å². The van der Waals surface area contributed by atoms with Crippen LogP contribution in [0.3, 0.4) is 0 Å². The van der Waals surface area contributed by atoms with Gasteiger partial charge in [-0.05, 0) is 67.4 Å². The summed E-state index contributed by atoms with van der Waals surface area (Å²) in [6.45, 7) is 1.34. The van der Waals surface area contributed by atoms with Gasteiger partial charge in [0.2, 0.25) is 0 Å². The number of nitrogens with one attached hydrogen (secondary N) is 1. The van der Waals surface area contributed by atoms with E-state index in [0.717, 1.165) is 37.1 Å². The van der Waals surface area contributed by atoms with E-state index in [2.05, 4.69) is 5.32 Å². The normalized spacial score (nSPS) is 13.5. The number of alkyl halides is 3. The summed E-state index contributed by atoms with van der Waals surface area (Å²) in [7, 11) is 0. The molecule has 182 valence electrons. The summed E-state index contributed by atoms with van der Waals surface area (Å²) in [5.41, 5.74) is -1.16. The van der Waals surface area contributed by atoms with E-state index in [9.17, 15) is 28.1 Å². The Labute approximate surface area is 203 Å². The zero-order chi connectivity index (χ0) is 25.2. The molecule has 0 spiro atoms. The van der Waals surface area contributed by atoms with Crippen LogP contribution in [0, 0.1) is 10.1 Å². The summed E-state index contributed by atoms with van der Waals surface area (Å²) in [4.78, 5) is 25.9. The van der Waals surface area contributed by atoms with Crippen LogP contribution in [0.5, 0.6) is 11.5 Å². The summed E-state index contributed by atoms with van der Waals surface area (Å²) in [5, 5.41) is 14.5. The highest BCUT2D eigenvalue weighted by Gasteiger charge is 2.32. The molecule has 0 bridgehead atoms. The molecule has 0 aromatic heterocycles. The van der Waals surface area contributed by atoms with Crippen molar-refractivity contribution >= 4 is 34.6 Å². The Bertz CT molecular complexity index is 1260. The maximum atomic E-state index is 13.3. The lowest BCUT2D eigenvalue weighted by Gasteiger charge is -2.18. The van der Waals surface area contributed by atoms with Crippen molar-refractivity contribution in [2.24, 2.45) is 0 Å². The van der Waals surface area contributed by atoms with Gasteiger partial charge in [0.05, 0.1) is 16.2 Å². The Morgan fingerprint density at radius 1 is 1.03 bits per heavy atom. The van der Waals surface area contributed by atoms with Gasteiger partial charge in [-0.3, -0.25) is 14.9 Å². The molecule has 1 saturated heterocycles. The minimum atomic E-state index is -4.66. The number of hydrogen-bond donors (Lipinski definition) is 1. The first kappa shape index (κ1) is 24.3. The topological polar surface area (TPSA) is 84.7 Å². The first-order chi connectivity index (χ1) is 16.6. The Morgan fingerprint density at radius 3 is 2.34 bits per heavy atom. The predicted molar refractivity (Wildman–Crippen MR) is 125 cm³/mol. The second-order valence-corrected chi connectivity index (χ2v) is 8.31. The second-order valence-electron chi connectivity index (χ2n) is 7.87. The maximum absolute atomic E-state index is 13.3. The highest BCUT2D eigenvalue weighted by molar-refractivity contribution is 6.30. The number of rotatable bonds is 6. The molecule has 1 N–H and O–H groups in total. The Kier molecular flexibility index (Phi) is 6.83. The molecule has 0 atom stereocenters. The fourth-order valence-corrected chi connectivity index (χ4v) is 3.88. The third-order valence-corrected chi connectivity index (χ3v) is 5.73. The summed E-state index contributed by atoms with van der Waals surface area (Å²) < 4.78 is 45.6. The van der Waals surface area contributed by atoms with Gasteiger partial charge in [0.15, 0.2) is 5.75 Å². The quantitative estimate of drug-likeness (QED) is 0.290. The number of ether oxygens (including phenoxy) is 1. The Hall–Kier alpha value is -3.79. The van der Waals surface area contributed by atoms with Crippen LogP contribution in [0.4, 0.5) is 30.2 Å². The van der Waals surface area contributed by atoms with Gasteiger partial charge in [-0.1, -0.05) is 11.6 Å². The van der Waals surface area contributed by atoms with E-state index < -0.39 is 22.6 Å². The zero-order valence-corrected chi connectivity index (χ0v) is 18.9. The minimum Gasteiger partial charge on any atom is -0.455 e. The van der Waals surface area contributed by atoms with E-state index in [1.165, 1.54) is 24.3 Å². The molecule has 1 amide bonds. The maximum Gasteiger partial charge on any atom is 0.416 e. The van der Waals surface area contributed by atoms with E-state index in [4.69, 9.17) is 16.3 Å². The number of nitrogens with zero attached hydrogens (tertiary/aromatic N) is 2. The van der Waals surface area contributed by atoms with Crippen LogP contribution >= 0.6 is 11.6 Å². The highest BCUT2D eigenvalue weighted by atomic mass is 35.5. The standard InChI is InChI=1S/C24H19ClF3N3O4/c25-17-5-7-18(8-6-17)35-22-10-4-16(24(26,27)28)14-19(22)29-23(32)15-3-9-20(21(13-15)31(33)34)30-11-1-2-12-30/h3-10,13-14H,1-2,11-12H2,(H,29,32). The van der Waals surface area contributed by atoms with E-state index >= 15 is 0 Å². The zero-order valence-electron chi connectivity index (χ0n) is 18.1. The van der Waals surface area contributed by atoms with Crippen LogP contribution in [-0.4, -0.2) is 23.9 Å². The summed E-state index contributed by atoms with van der Waals surface area (Å²) in [5.74, 6) is -0.575. The molecule has 7 nitrogen and oxygen atoms in total. The van der Waals surface area contributed by atoms with Crippen molar-refractivity contribution in [1.82, 2.24) is 0 Å². The first-order valence-corrected chi connectivity index (χ1v) is 11.0. The lowest BCUT2D eigenvalue weighted by Crippen LogP contribution is -2.20. The molecule has 3 aromatic carbocycles. The van der Waals surface area contributed by atoms with Gasteiger partial charge in [0.25, 0.3) is 11.6 Å². The van der Waals surface area contributed by atoms with Gasteiger partial charge in [0.1, 0.15) is 11.4 Å². The number of halogens is 4. The largest absolute Gasteiger partial charge is 0.455 e. The highest BCUT2D eigenvalue weighted by Crippen LogP contribution is 2.38. The first-order valence-electron chi connectivity index (χ1n) is 10.6. The molecule has 1 aliphatic rings. The number of nitro groups is 1. The summed E-state index contributed by atoms with van der Waals surface area (Å²) in [6, 6.07) is 12.8. The third-order valence-electron chi connectivity index (χ3n) is 5.48. The molecule has 11 heteroatoms. The molecule has 4 rings (SSSR count). The van der Waals surface area contributed by atoms with Gasteiger partial charge in [-0.25, -0.2) is 0 Å². The molecule has 0 unspecified atom stereocenters. The van der Waals surface area contributed by atoms with E-state index in [1.54, 1.807) is 12.1 Å². The van der Waals surface area contributed by atoms with Crippen molar-refractivity contribution in [1.29, 1.82) is 0 Å². The van der Waals surface area contributed by atoms with Crippen molar-refractivity contribution in [2.45, 2.75) is 19.0 Å². The predicted octanol–water partition coefficient (Wildman–Crippen LogP) is 6.91. The second kappa shape index (κ2) is 9.83. The molecule has 0 aliphatic carbocycles. The molecule has 1 aliphatic heterocycles. The average molecular weight is 506 g/mol. The van der Waals surface area contributed by atoms with E-state index in [1.807, 2.05) is 4.90 Å². The Morgan fingerprint density at radius 2 is 1.71 bits per heavy atom. The number of nitro benzene ring substituents is 1. The van der Waals surface area contributed by atoms with Crippen molar-refractivity contribution in [3.8, 4) is 11.5 Å². The molecule has 0 radical (unpaired) electrons. The molecule has 0 saturated carbocycles. The number of amides is 1. The van der Waals surface area contributed by atoms with Crippen LogP contribution in [0.1, 0.15) is 28.8 Å². The fraction of sp³-hybridized carbons (Fsp3) is 0.208. The van der Waals surface area contributed by atoms with Gasteiger partial charge < -0.3 is 15.0 Å². The number of benzene rings is 3. The van der Waals surface area contributed by atoms with Crippen LogP contribution in [0.15, 0.2) is 60.7 Å². The van der Waals surface area contributed by atoms with Crippen molar-refractivity contribution in [2.75, 3.05) is 23.3 Å². The van der Waals surface area contributed by atoms with Crippen LogP contribution in [-0.2, 0) is 6.18 Å². The number of carbonyl (C=O) groups is 1. The summed E-state index contributed by atoms with van der Waals surface area (Å²) >= 11 is 5.85. The molecular weight excluding hydrogens is 487 g/mol. The molecule has 3 aromatic rings. The number of anilines is 2. The molecule has 1 fully saturated rings. The van der Waals surface area contributed by atoms with Crippen molar-refractivity contribution in [3.05, 3.63) is 86.9 Å². The molecule has 35 heavy (non-hydrogen) atoms. The van der Waals surface area contributed by atoms with E-state index in [-0.39, 0.29) is 28.4 Å². The van der Waals surface area contributed by atoms with Gasteiger partial charge >= 0.3 is 6.18 Å². The van der Waals surface area contributed by atoms with Crippen molar-refractivity contribution in [3.63, 3.8) is 0 Å². The van der Waals surface area contributed by atoms with Gasteiger partial charge in [0, 0.05) is 29.7 Å². The fourth-order valence-electron chi connectivity index (χ4n) is 3.75. The van der Waals surface area contributed by atoms with Gasteiger partial charge in [-0.15, -0.1) is 0 Å².